The van der Waals surface area contributed by atoms with Gasteiger partial charge in [-0.25, -0.2) is 0 Å². The van der Waals surface area contributed by atoms with Crippen LogP contribution in [0, 0.1) is 17.0 Å². The monoisotopic (exact) mass is 211 g/mol. The number of para-hydroxylation sites is 1. The second-order valence-corrected chi connectivity index (χ2v) is 4.16. The fourth-order valence-electron chi connectivity index (χ4n) is 1.19. The number of rotatable bonds is 4. The maximum Gasteiger partial charge on any atom is 0.285 e. The van der Waals surface area contributed by atoms with Crippen LogP contribution in [-0.4, -0.2) is 10.7 Å². The quantitative estimate of drug-likeness (QED) is 0.435. The number of nitrogens with zero attached hydrogens (tertiary/aromatic N) is 1. The number of aryl methyl sites for hydroxylation is 1. The number of hydrogen-bond acceptors (Lipinski definition) is 3. The summed E-state index contributed by atoms with van der Waals surface area (Å²) in [6.45, 7) is 3.84. The van der Waals surface area contributed by atoms with Gasteiger partial charge in [0.25, 0.3) is 5.69 Å². The highest BCUT2D eigenvalue weighted by Crippen LogP contribution is 2.31. The molecule has 0 aliphatic carbocycles. The van der Waals surface area contributed by atoms with Gasteiger partial charge in [0.1, 0.15) is 0 Å². The zero-order valence-electron chi connectivity index (χ0n) is 8.32. The van der Waals surface area contributed by atoms with E-state index in [0.29, 0.717) is 0 Å². The van der Waals surface area contributed by atoms with E-state index in [1.165, 1.54) is 0 Å². The van der Waals surface area contributed by atoms with E-state index >= 15 is 0 Å². The summed E-state index contributed by atoms with van der Waals surface area (Å²) in [5, 5.41) is 10.8. The average Bonchev–Trinajstić information content (AvgIpc) is 2.14. The molecule has 0 aliphatic heterocycles. The van der Waals surface area contributed by atoms with Crippen LogP contribution in [0.4, 0.5) is 5.69 Å². The van der Waals surface area contributed by atoms with E-state index in [2.05, 4.69) is 6.92 Å². The summed E-state index contributed by atoms with van der Waals surface area (Å²) in [7, 11) is 0. The Morgan fingerprint density at radius 3 is 2.79 bits per heavy atom. The maximum absolute atomic E-state index is 10.8. The molecule has 3 nitrogen and oxygen atoms in total. The topological polar surface area (TPSA) is 43.1 Å². The van der Waals surface area contributed by atoms with Gasteiger partial charge in [-0.3, -0.25) is 10.1 Å². The van der Waals surface area contributed by atoms with Crippen LogP contribution in [0.3, 0.4) is 0 Å². The summed E-state index contributed by atoms with van der Waals surface area (Å²) in [6, 6.07) is 5.44. The molecule has 1 aromatic rings. The molecule has 1 rings (SSSR count). The van der Waals surface area contributed by atoms with Gasteiger partial charge in [-0.15, -0.1) is 11.8 Å². The third kappa shape index (κ3) is 2.48. The molecule has 0 atom stereocenters. The van der Waals surface area contributed by atoms with E-state index < -0.39 is 0 Å². The molecule has 0 heterocycles. The first-order valence-corrected chi connectivity index (χ1v) is 5.52. The Labute approximate surface area is 87.7 Å². The highest BCUT2D eigenvalue weighted by atomic mass is 32.2. The molecule has 0 saturated heterocycles. The van der Waals surface area contributed by atoms with Crippen LogP contribution in [0.15, 0.2) is 23.1 Å². The molecule has 76 valence electrons. The Kier molecular flexibility index (Phi) is 3.95. The van der Waals surface area contributed by atoms with Gasteiger partial charge in [0, 0.05) is 5.56 Å². The number of nitro groups is 1. The van der Waals surface area contributed by atoms with Gasteiger partial charge >= 0.3 is 0 Å². The predicted octanol–water partition coefficient (Wildman–Crippen LogP) is 3.41. The summed E-state index contributed by atoms with van der Waals surface area (Å²) < 4.78 is 0. The predicted molar refractivity (Wildman–Crippen MR) is 58.8 cm³/mol. The zero-order valence-corrected chi connectivity index (χ0v) is 9.13. The van der Waals surface area contributed by atoms with Crippen LogP contribution in [0.1, 0.15) is 18.9 Å². The number of benzene rings is 1. The first-order valence-electron chi connectivity index (χ1n) is 4.53. The minimum Gasteiger partial charge on any atom is -0.258 e. The van der Waals surface area contributed by atoms with Crippen LogP contribution in [-0.2, 0) is 0 Å². The Hall–Kier alpha value is -1.03. The molecule has 1 aromatic carbocycles. The van der Waals surface area contributed by atoms with Crippen LogP contribution in [0.25, 0.3) is 0 Å². The highest BCUT2D eigenvalue weighted by Gasteiger charge is 2.16. The lowest BCUT2D eigenvalue weighted by atomic mass is 10.2. The van der Waals surface area contributed by atoms with Gasteiger partial charge in [0.05, 0.1) is 9.82 Å². The van der Waals surface area contributed by atoms with E-state index in [4.69, 9.17) is 0 Å². The lowest BCUT2D eigenvalue weighted by Gasteiger charge is -2.03. The van der Waals surface area contributed by atoms with Gasteiger partial charge in [0.15, 0.2) is 0 Å². The normalized spacial score (nSPS) is 10.1. The van der Waals surface area contributed by atoms with Gasteiger partial charge in [-0.05, 0) is 25.2 Å². The molecule has 0 aromatic heterocycles. The molecule has 0 N–H and O–H groups in total. The summed E-state index contributed by atoms with van der Waals surface area (Å²) in [6.07, 6.45) is 1.02. The standard InChI is InChI=1S/C10H13NO2S/c1-3-7-14-9-6-4-5-8(2)10(9)11(12)13/h4-6H,3,7H2,1-2H3. The van der Waals surface area contributed by atoms with E-state index in [1.54, 1.807) is 24.8 Å². The fraction of sp³-hybridized carbons (Fsp3) is 0.400. The van der Waals surface area contributed by atoms with Crippen molar-refractivity contribution in [3.8, 4) is 0 Å². The minimum atomic E-state index is -0.298. The van der Waals surface area contributed by atoms with Crippen molar-refractivity contribution in [2.75, 3.05) is 5.75 Å². The Bertz CT molecular complexity index is 339. The molecule has 0 aliphatic rings. The van der Waals surface area contributed by atoms with Crippen molar-refractivity contribution in [1.29, 1.82) is 0 Å². The zero-order chi connectivity index (χ0) is 10.6. The third-order valence-electron chi connectivity index (χ3n) is 1.85. The van der Waals surface area contributed by atoms with Crippen LogP contribution in [0.5, 0.6) is 0 Å². The van der Waals surface area contributed by atoms with Crippen molar-refractivity contribution in [3.63, 3.8) is 0 Å². The number of nitro benzene ring substituents is 1. The molecular weight excluding hydrogens is 198 g/mol. The Balaban J connectivity index is 3.02. The van der Waals surface area contributed by atoms with Crippen molar-refractivity contribution < 1.29 is 4.92 Å². The molecule has 0 spiro atoms. The molecule has 0 radical (unpaired) electrons. The van der Waals surface area contributed by atoms with Gasteiger partial charge < -0.3 is 0 Å². The smallest absolute Gasteiger partial charge is 0.258 e. The fourth-order valence-corrected chi connectivity index (χ4v) is 2.17. The van der Waals surface area contributed by atoms with Crippen molar-refractivity contribution in [2.45, 2.75) is 25.2 Å². The van der Waals surface area contributed by atoms with Crippen LogP contribution < -0.4 is 0 Å². The first-order chi connectivity index (χ1) is 6.66. The Morgan fingerprint density at radius 1 is 1.50 bits per heavy atom. The lowest BCUT2D eigenvalue weighted by Crippen LogP contribution is -1.94. The van der Waals surface area contributed by atoms with E-state index in [-0.39, 0.29) is 10.6 Å². The number of hydrogen-bond donors (Lipinski definition) is 0. The van der Waals surface area contributed by atoms with Crippen LogP contribution in [0.2, 0.25) is 0 Å². The average molecular weight is 211 g/mol. The summed E-state index contributed by atoms with van der Waals surface area (Å²) in [5.41, 5.74) is 0.988. The highest BCUT2D eigenvalue weighted by molar-refractivity contribution is 7.99. The third-order valence-corrected chi connectivity index (χ3v) is 3.10. The Morgan fingerprint density at radius 2 is 2.21 bits per heavy atom. The van der Waals surface area contributed by atoms with Crippen LogP contribution >= 0.6 is 11.8 Å². The SMILES string of the molecule is CCCSc1cccc(C)c1[N+](=O)[O-]. The molecule has 14 heavy (non-hydrogen) atoms. The summed E-state index contributed by atoms with van der Waals surface area (Å²) in [5.74, 6) is 0.921. The van der Waals surface area contributed by atoms with Gasteiger partial charge in [-0.2, -0.15) is 0 Å². The lowest BCUT2D eigenvalue weighted by molar-refractivity contribution is -0.388. The number of thioether (sulfide) groups is 1. The molecular formula is C10H13NO2S. The maximum atomic E-state index is 10.8. The van der Waals surface area contributed by atoms with Crippen molar-refractivity contribution >= 4 is 17.4 Å². The van der Waals surface area contributed by atoms with E-state index in [9.17, 15) is 10.1 Å². The molecule has 0 amide bonds. The molecule has 0 fully saturated rings. The second-order valence-electron chi connectivity index (χ2n) is 3.03. The second kappa shape index (κ2) is 5.00. The van der Waals surface area contributed by atoms with E-state index in [0.717, 1.165) is 22.6 Å². The molecule has 0 saturated carbocycles. The molecule has 0 bridgehead atoms. The van der Waals surface area contributed by atoms with Gasteiger partial charge in [-0.1, -0.05) is 19.1 Å². The largest absolute Gasteiger partial charge is 0.285 e. The summed E-state index contributed by atoms with van der Waals surface area (Å²) in [4.78, 5) is 11.3. The van der Waals surface area contributed by atoms with Crippen molar-refractivity contribution in [1.82, 2.24) is 0 Å². The summed E-state index contributed by atoms with van der Waals surface area (Å²) >= 11 is 1.55. The van der Waals surface area contributed by atoms with Crippen molar-refractivity contribution in [3.05, 3.63) is 33.9 Å². The van der Waals surface area contributed by atoms with Gasteiger partial charge in [0.2, 0.25) is 0 Å². The molecule has 4 heteroatoms. The van der Waals surface area contributed by atoms with Crippen molar-refractivity contribution in [2.24, 2.45) is 0 Å². The first kappa shape index (κ1) is 11.0. The van der Waals surface area contributed by atoms with E-state index in [1.807, 2.05) is 12.1 Å². The minimum absolute atomic E-state index is 0.256. The molecule has 0 unspecified atom stereocenters.